The van der Waals surface area contributed by atoms with Crippen LogP contribution in [-0.2, 0) is 17.0 Å². The molecule has 29 heavy (non-hydrogen) atoms. The molecule has 1 spiro atoms. The van der Waals surface area contributed by atoms with Gasteiger partial charge in [0.1, 0.15) is 5.75 Å². The molecule has 0 aliphatic carbocycles. The maximum absolute atomic E-state index is 13.6. The molecule has 2 amide bonds. The highest BCUT2D eigenvalue weighted by atomic mass is 16.5. The smallest absolute Gasteiger partial charge is 0.276 e. The second-order valence-corrected chi connectivity index (χ2v) is 7.08. The fraction of sp³-hybridized carbons (Fsp3) is 0.130. The lowest BCUT2D eigenvalue weighted by molar-refractivity contribution is -0.125. The Morgan fingerprint density at radius 2 is 1.59 bits per heavy atom. The maximum Gasteiger partial charge on any atom is 0.276 e. The Kier molecular flexibility index (Phi) is 3.81. The molecular weight excluding hydrogens is 366 g/mol. The zero-order valence-electron chi connectivity index (χ0n) is 15.8. The summed E-state index contributed by atoms with van der Waals surface area (Å²) in [6.07, 6.45) is 0. The number of hydrogen-bond acceptors (Lipinski definition) is 4. The van der Waals surface area contributed by atoms with E-state index in [1.165, 1.54) is 0 Å². The summed E-state index contributed by atoms with van der Waals surface area (Å²) in [5.41, 5.74) is 2.08. The normalized spacial score (nSPS) is 19.4. The van der Waals surface area contributed by atoms with Crippen LogP contribution in [0.5, 0.6) is 5.75 Å². The van der Waals surface area contributed by atoms with Crippen molar-refractivity contribution in [2.24, 2.45) is 0 Å². The average Bonchev–Trinajstić information content (AvgIpc) is 3.03. The molecule has 2 N–H and O–H groups in total. The molecular formula is C23H19N3O3. The molecule has 144 valence electrons. The lowest BCUT2D eigenvalue weighted by Gasteiger charge is -2.44. The standard InChI is InChI=1S/C23H19N3O3/c1-29-20-13-7-2-8-15(20)14-26-21(27)16-9-3-5-11-18(16)25-23(26)17-10-4-6-12-19(17)24-22(23)28/h2-13,25H,14H2,1H3,(H,24,28). The molecule has 0 bridgehead atoms. The summed E-state index contributed by atoms with van der Waals surface area (Å²) in [6, 6.07) is 22.2. The number of carbonyl (C=O) groups is 2. The quantitative estimate of drug-likeness (QED) is 0.723. The van der Waals surface area contributed by atoms with Crippen LogP contribution < -0.4 is 15.4 Å². The Bertz CT molecular complexity index is 1140. The number of benzene rings is 3. The third kappa shape index (κ3) is 2.42. The molecule has 2 heterocycles. The van der Waals surface area contributed by atoms with E-state index in [9.17, 15) is 9.59 Å². The van der Waals surface area contributed by atoms with Crippen molar-refractivity contribution < 1.29 is 14.3 Å². The van der Waals surface area contributed by atoms with Gasteiger partial charge in [0.05, 0.1) is 19.2 Å². The molecule has 0 fully saturated rings. The van der Waals surface area contributed by atoms with Crippen LogP contribution in [0.3, 0.4) is 0 Å². The van der Waals surface area contributed by atoms with Crippen LogP contribution in [0.4, 0.5) is 11.4 Å². The van der Waals surface area contributed by atoms with E-state index in [0.717, 1.165) is 11.1 Å². The zero-order valence-corrected chi connectivity index (χ0v) is 15.8. The van der Waals surface area contributed by atoms with Gasteiger partial charge in [-0.1, -0.05) is 48.5 Å². The lowest BCUT2D eigenvalue weighted by atomic mass is 9.92. The number of carbonyl (C=O) groups excluding carboxylic acids is 2. The van der Waals surface area contributed by atoms with Crippen LogP contribution in [-0.4, -0.2) is 23.8 Å². The Hall–Kier alpha value is -3.80. The van der Waals surface area contributed by atoms with Gasteiger partial charge < -0.3 is 15.4 Å². The van der Waals surface area contributed by atoms with Crippen molar-refractivity contribution in [3.05, 3.63) is 89.5 Å². The van der Waals surface area contributed by atoms with Gasteiger partial charge in [-0.15, -0.1) is 0 Å². The molecule has 5 rings (SSSR count). The third-order valence-corrected chi connectivity index (χ3v) is 5.54. The summed E-state index contributed by atoms with van der Waals surface area (Å²) in [6.45, 7) is 0.214. The molecule has 0 radical (unpaired) electrons. The number of methoxy groups -OCH3 is 1. The number of amides is 2. The molecule has 6 heteroatoms. The highest BCUT2D eigenvalue weighted by molar-refractivity contribution is 6.14. The summed E-state index contributed by atoms with van der Waals surface area (Å²) >= 11 is 0. The van der Waals surface area contributed by atoms with Gasteiger partial charge in [-0.3, -0.25) is 14.5 Å². The van der Waals surface area contributed by atoms with Crippen molar-refractivity contribution in [2.75, 3.05) is 17.7 Å². The third-order valence-electron chi connectivity index (χ3n) is 5.54. The molecule has 3 aromatic carbocycles. The average molecular weight is 385 g/mol. The van der Waals surface area contributed by atoms with Gasteiger partial charge in [-0.25, -0.2) is 0 Å². The minimum Gasteiger partial charge on any atom is -0.496 e. The molecule has 6 nitrogen and oxygen atoms in total. The Morgan fingerprint density at radius 1 is 0.897 bits per heavy atom. The first-order valence-electron chi connectivity index (χ1n) is 9.37. The first-order valence-corrected chi connectivity index (χ1v) is 9.37. The largest absolute Gasteiger partial charge is 0.496 e. The molecule has 2 aliphatic rings. The van der Waals surface area contributed by atoms with E-state index in [4.69, 9.17) is 4.74 Å². The SMILES string of the molecule is COc1ccccc1CN1C(=O)c2ccccc2NC12C(=O)Nc1ccccc12. The number of hydrogen-bond donors (Lipinski definition) is 2. The first kappa shape index (κ1) is 17.3. The van der Waals surface area contributed by atoms with Crippen LogP contribution in [0.15, 0.2) is 72.8 Å². The Labute approximate surface area is 168 Å². The van der Waals surface area contributed by atoms with Gasteiger partial charge in [0, 0.05) is 22.5 Å². The fourth-order valence-electron chi connectivity index (χ4n) is 4.17. The first-order chi connectivity index (χ1) is 14.1. The predicted molar refractivity (Wildman–Crippen MR) is 110 cm³/mol. The summed E-state index contributed by atoms with van der Waals surface area (Å²) in [5, 5.41) is 6.30. The van der Waals surface area contributed by atoms with Crippen LogP contribution in [0.2, 0.25) is 0 Å². The van der Waals surface area contributed by atoms with E-state index < -0.39 is 5.66 Å². The number of para-hydroxylation sites is 3. The number of nitrogens with one attached hydrogen (secondary N) is 2. The number of ether oxygens (including phenoxy) is 1. The monoisotopic (exact) mass is 385 g/mol. The molecule has 0 saturated carbocycles. The van der Waals surface area contributed by atoms with Crippen molar-refractivity contribution in [1.29, 1.82) is 0 Å². The van der Waals surface area contributed by atoms with Gasteiger partial charge >= 0.3 is 0 Å². The Balaban J connectivity index is 1.72. The van der Waals surface area contributed by atoms with Gasteiger partial charge in [0.2, 0.25) is 5.66 Å². The van der Waals surface area contributed by atoms with Crippen molar-refractivity contribution in [3.8, 4) is 5.75 Å². The topological polar surface area (TPSA) is 70.7 Å². The summed E-state index contributed by atoms with van der Waals surface area (Å²) in [5.74, 6) is 0.176. The highest BCUT2D eigenvalue weighted by Gasteiger charge is 2.56. The molecule has 2 aliphatic heterocycles. The predicted octanol–water partition coefficient (Wildman–Crippen LogP) is 3.57. The highest BCUT2D eigenvalue weighted by Crippen LogP contribution is 2.46. The minimum atomic E-state index is -1.33. The van der Waals surface area contributed by atoms with E-state index in [0.29, 0.717) is 22.7 Å². The summed E-state index contributed by atoms with van der Waals surface area (Å²) < 4.78 is 5.48. The van der Waals surface area contributed by atoms with Crippen molar-refractivity contribution in [2.45, 2.75) is 12.2 Å². The minimum absolute atomic E-state index is 0.211. The van der Waals surface area contributed by atoms with Gasteiger partial charge in [0.25, 0.3) is 11.8 Å². The zero-order chi connectivity index (χ0) is 20.0. The van der Waals surface area contributed by atoms with Crippen LogP contribution in [0.25, 0.3) is 0 Å². The lowest BCUT2D eigenvalue weighted by Crippen LogP contribution is -2.60. The summed E-state index contributed by atoms with van der Waals surface area (Å²) in [7, 11) is 1.59. The summed E-state index contributed by atoms with van der Waals surface area (Å²) in [4.78, 5) is 28.5. The molecule has 0 saturated heterocycles. The van der Waals surface area contributed by atoms with E-state index in [-0.39, 0.29) is 18.4 Å². The maximum atomic E-state index is 13.6. The molecule has 3 aromatic rings. The number of nitrogens with zero attached hydrogens (tertiary/aromatic N) is 1. The van der Waals surface area contributed by atoms with Crippen molar-refractivity contribution in [1.82, 2.24) is 4.90 Å². The van der Waals surface area contributed by atoms with Crippen molar-refractivity contribution in [3.63, 3.8) is 0 Å². The fourth-order valence-corrected chi connectivity index (χ4v) is 4.17. The van der Waals surface area contributed by atoms with Gasteiger partial charge in [0.15, 0.2) is 0 Å². The van der Waals surface area contributed by atoms with Gasteiger partial charge in [-0.2, -0.15) is 0 Å². The molecule has 0 aromatic heterocycles. The second-order valence-electron chi connectivity index (χ2n) is 7.08. The van der Waals surface area contributed by atoms with Crippen LogP contribution >= 0.6 is 0 Å². The van der Waals surface area contributed by atoms with Crippen LogP contribution in [0, 0.1) is 0 Å². The van der Waals surface area contributed by atoms with Crippen molar-refractivity contribution >= 4 is 23.2 Å². The van der Waals surface area contributed by atoms with Gasteiger partial charge in [-0.05, 0) is 24.3 Å². The number of rotatable bonds is 3. The van der Waals surface area contributed by atoms with E-state index in [1.54, 1.807) is 18.1 Å². The van der Waals surface area contributed by atoms with E-state index in [2.05, 4.69) is 10.6 Å². The molecule has 1 atom stereocenters. The second kappa shape index (κ2) is 6.38. The number of fused-ring (bicyclic) bond motifs is 3. The van der Waals surface area contributed by atoms with Crippen LogP contribution in [0.1, 0.15) is 21.5 Å². The number of anilines is 2. The molecule has 1 unspecified atom stereocenters. The van der Waals surface area contributed by atoms with E-state index >= 15 is 0 Å². The Morgan fingerprint density at radius 3 is 2.41 bits per heavy atom. The van der Waals surface area contributed by atoms with E-state index in [1.807, 2.05) is 66.7 Å².